The summed E-state index contributed by atoms with van der Waals surface area (Å²) in [5.41, 5.74) is 0.664. The highest BCUT2D eigenvalue weighted by molar-refractivity contribution is 5.90. The van der Waals surface area contributed by atoms with E-state index < -0.39 is 12.0 Å². The summed E-state index contributed by atoms with van der Waals surface area (Å²) in [5.74, 6) is -1.23. The molecule has 2 heterocycles. The maximum absolute atomic E-state index is 13.0. The second kappa shape index (κ2) is 4.89. The summed E-state index contributed by atoms with van der Waals surface area (Å²) in [5, 5.41) is 15.9. The van der Waals surface area contributed by atoms with Crippen LogP contribution in [0, 0.1) is 5.82 Å². The van der Waals surface area contributed by atoms with E-state index in [1.165, 1.54) is 30.0 Å². The second-order valence-corrected chi connectivity index (χ2v) is 4.37. The average molecular weight is 290 g/mol. The van der Waals surface area contributed by atoms with Crippen molar-refractivity contribution in [2.45, 2.75) is 6.04 Å². The highest BCUT2D eigenvalue weighted by atomic mass is 19.1. The lowest BCUT2D eigenvalue weighted by atomic mass is 10.0. The van der Waals surface area contributed by atoms with E-state index in [0.29, 0.717) is 5.56 Å². The molecule has 108 valence electrons. The van der Waals surface area contributed by atoms with Crippen LogP contribution in [0.2, 0.25) is 0 Å². The van der Waals surface area contributed by atoms with Gasteiger partial charge in [-0.2, -0.15) is 4.98 Å². The summed E-state index contributed by atoms with van der Waals surface area (Å²) in [7, 11) is 1.42. The molecule has 1 aliphatic rings. The van der Waals surface area contributed by atoms with Gasteiger partial charge < -0.3 is 15.2 Å². The Morgan fingerprint density at radius 3 is 2.76 bits per heavy atom. The fourth-order valence-corrected chi connectivity index (χ4v) is 2.08. The number of allylic oxidation sites excluding steroid dienone is 1. The van der Waals surface area contributed by atoms with Crippen molar-refractivity contribution >= 4 is 11.9 Å². The molecule has 1 atom stereocenters. The first kappa shape index (κ1) is 13.1. The smallest absolute Gasteiger partial charge is 0.352 e. The maximum Gasteiger partial charge on any atom is 0.352 e. The molecule has 7 nitrogen and oxygen atoms in total. The molecule has 3 rings (SSSR count). The first-order valence-electron chi connectivity index (χ1n) is 6.06. The molecule has 2 aromatic rings. The number of aliphatic carboxylic acids is 1. The molecule has 1 aromatic heterocycles. The molecule has 0 saturated heterocycles. The van der Waals surface area contributed by atoms with Crippen LogP contribution in [0.3, 0.4) is 0 Å². The van der Waals surface area contributed by atoms with Crippen LogP contribution in [0.15, 0.2) is 36.0 Å². The van der Waals surface area contributed by atoms with E-state index in [0.717, 1.165) is 0 Å². The summed E-state index contributed by atoms with van der Waals surface area (Å²) in [4.78, 5) is 15.2. The van der Waals surface area contributed by atoms with Crippen LogP contribution < -0.4 is 10.1 Å². The number of hydrogen-bond acceptors (Lipinski definition) is 5. The maximum atomic E-state index is 13.0. The Kier molecular flexibility index (Phi) is 3.05. The Morgan fingerprint density at radius 2 is 2.14 bits per heavy atom. The van der Waals surface area contributed by atoms with Gasteiger partial charge in [-0.15, -0.1) is 5.10 Å². The Morgan fingerprint density at radius 1 is 1.43 bits per heavy atom. The molecular formula is C13H11FN4O3. The molecule has 0 amide bonds. The van der Waals surface area contributed by atoms with Gasteiger partial charge in [0.05, 0.1) is 7.11 Å². The van der Waals surface area contributed by atoms with Gasteiger partial charge in [-0.25, -0.2) is 13.9 Å². The van der Waals surface area contributed by atoms with Gasteiger partial charge in [0, 0.05) is 0 Å². The molecule has 8 heteroatoms. The van der Waals surface area contributed by atoms with Gasteiger partial charge in [0.25, 0.3) is 0 Å². The second-order valence-electron chi connectivity index (χ2n) is 4.37. The predicted octanol–water partition coefficient (Wildman–Crippen LogP) is 1.41. The molecule has 0 saturated carbocycles. The van der Waals surface area contributed by atoms with Gasteiger partial charge in [-0.1, -0.05) is 12.1 Å². The van der Waals surface area contributed by atoms with Crippen molar-refractivity contribution in [3.05, 3.63) is 47.4 Å². The van der Waals surface area contributed by atoms with Crippen LogP contribution in [-0.2, 0) is 4.79 Å². The molecule has 0 bridgehead atoms. The van der Waals surface area contributed by atoms with Crippen LogP contribution in [0.5, 0.6) is 6.01 Å². The number of halogens is 1. The number of carboxylic acid groups (broad SMARTS) is 1. The van der Waals surface area contributed by atoms with Crippen molar-refractivity contribution in [3.63, 3.8) is 0 Å². The van der Waals surface area contributed by atoms with E-state index in [1.807, 2.05) is 0 Å². The summed E-state index contributed by atoms with van der Waals surface area (Å²) < 4.78 is 19.5. The van der Waals surface area contributed by atoms with E-state index in [4.69, 9.17) is 9.84 Å². The third-order valence-electron chi connectivity index (χ3n) is 3.07. The average Bonchev–Trinajstić information content (AvgIpc) is 2.90. The Bertz CT molecular complexity index is 724. The van der Waals surface area contributed by atoms with Crippen molar-refractivity contribution < 1.29 is 19.0 Å². The summed E-state index contributed by atoms with van der Waals surface area (Å²) >= 11 is 0. The number of benzene rings is 1. The minimum absolute atomic E-state index is 0.0214. The molecule has 1 aromatic carbocycles. The lowest BCUT2D eigenvalue weighted by Crippen LogP contribution is -2.24. The number of carbonyl (C=O) groups is 1. The molecule has 1 aliphatic heterocycles. The molecule has 2 N–H and O–H groups in total. The van der Waals surface area contributed by atoms with Gasteiger partial charge in [0.2, 0.25) is 5.95 Å². The number of ether oxygens (including phenoxy) is 1. The zero-order valence-electron chi connectivity index (χ0n) is 10.9. The largest absolute Gasteiger partial charge is 0.477 e. The number of anilines is 1. The predicted molar refractivity (Wildman–Crippen MR) is 70.5 cm³/mol. The van der Waals surface area contributed by atoms with Crippen molar-refractivity contribution in [2.24, 2.45) is 0 Å². The SMILES string of the molecule is COc1nc2n(n1)C(c1ccc(F)cc1)C=C(C(=O)O)N2. The first-order chi connectivity index (χ1) is 10.1. The Labute approximate surface area is 118 Å². The minimum atomic E-state index is -1.12. The molecule has 21 heavy (non-hydrogen) atoms. The monoisotopic (exact) mass is 290 g/mol. The number of carboxylic acids is 1. The number of aromatic nitrogens is 3. The summed E-state index contributed by atoms with van der Waals surface area (Å²) in [6, 6.07) is 5.35. The van der Waals surface area contributed by atoms with Crippen LogP contribution in [0.4, 0.5) is 10.3 Å². The van der Waals surface area contributed by atoms with E-state index in [2.05, 4.69) is 15.4 Å². The van der Waals surface area contributed by atoms with Gasteiger partial charge in [-0.3, -0.25) is 0 Å². The van der Waals surface area contributed by atoms with E-state index in [-0.39, 0.29) is 23.5 Å². The zero-order valence-corrected chi connectivity index (χ0v) is 10.9. The number of hydrogen-bond donors (Lipinski definition) is 2. The molecule has 0 aliphatic carbocycles. The van der Waals surface area contributed by atoms with Crippen LogP contribution in [-0.4, -0.2) is 33.0 Å². The molecule has 0 spiro atoms. The molecule has 1 unspecified atom stereocenters. The van der Waals surface area contributed by atoms with E-state index >= 15 is 0 Å². The summed E-state index contributed by atoms with van der Waals surface area (Å²) in [6.45, 7) is 0. The molecule has 0 radical (unpaired) electrons. The molecular weight excluding hydrogens is 279 g/mol. The highest BCUT2D eigenvalue weighted by Crippen LogP contribution is 2.30. The Balaban J connectivity index is 2.10. The Hall–Kier alpha value is -2.90. The van der Waals surface area contributed by atoms with Crippen molar-refractivity contribution in [1.29, 1.82) is 0 Å². The van der Waals surface area contributed by atoms with Crippen LogP contribution in [0.1, 0.15) is 11.6 Å². The van der Waals surface area contributed by atoms with E-state index in [9.17, 15) is 9.18 Å². The third kappa shape index (κ3) is 2.31. The van der Waals surface area contributed by atoms with Gasteiger partial charge >= 0.3 is 12.0 Å². The van der Waals surface area contributed by atoms with Crippen molar-refractivity contribution in [2.75, 3.05) is 12.4 Å². The van der Waals surface area contributed by atoms with Gasteiger partial charge in [0.15, 0.2) is 0 Å². The number of nitrogens with one attached hydrogen (secondary N) is 1. The van der Waals surface area contributed by atoms with Crippen molar-refractivity contribution in [1.82, 2.24) is 14.8 Å². The van der Waals surface area contributed by atoms with Gasteiger partial charge in [-0.05, 0) is 23.8 Å². The third-order valence-corrected chi connectivity index (χ3v) is 3.07. The van der Waals surface area contributed by atoms with Crippen LogP contribution >= 0.6 is 0 Å². The fourth-order valence-electron chi connectivity index (χ4n) is 2.08. The van der Waals surface area contributed by atoms with Crippen LogP contribution in [0.25, 0.3) is 0 Å². The molecule has 0 fully saturated rings. The van der Waals surface area contributed by atoms with Gasteiger partial charge in [0.1, 0.15) is 17.6 Å². The standard InChI is InChI=1S/C13H11FN4O3/c1-21-13-16-12-15-9(11(19)20)6-10(18(12)17-13)7-2-4-8(14)5-3-7/h2-6,10H,1H3,(H,19,20)(H,15,16,17). The number of nitrogens with zero attached hydrogens (tertiary/aromatic N) is 3. The minimum Gasteiger partial charge on any atom is -0.477 e. The van der Waals surface area contributed by atoms with Crippen molar-refractivity contribution in [3.8, 4) is 6.01 Å². The first-order valence-corrected chi connectivity index (χ1v) is 6.06. The topological polar surface area (TPSA) is 89.3 Å². The normalized spacial score (nSPS) is 16.7. The van der Waals surface area contributed by atoms with E-state index in [1.54, 1.807) is 12.1 Å². The quantitative estimate of drug-likeness (QED) is 0.888. The number of methoxy groups -OCH3 is 1. The zero-order chi connectivity index (χ0) is 15.0. The fraction of sp³-hybridized carbons (Fsp3) is 0.154. The summed E-state index contributed by atoms with van der Waals surface area (Å²) in [6.07, 6.45) is 1.48. The highest BCUT2D eigenvalue weighted by Gasteiger charge is 2.27. The lowest BCUT2D eigenvalue weighted by molar-refractivity contribution is -0.132. The lowest BCUT2D eigenvalue weighted by Gasteiger charge is -2.22. The number of fused-ring (bicyclic) bond motifs is 1. The number of rotatable bonds is 3.